The van der Waals surface area contributed by atoms with Crippen LogP contribution >= 0.6 is 0 Å². The zero-order valence-electron chi connectivity index (χ0n) is 11.5. The number of hydrogen-bond donors (Lipinski definition) is 1. The lowest BCUT2D eigenvalue weighted by atomic mass is 9.91. The summed E-state index contributed by atoms with van der Waals surface area (Å²) in [5, 5.41) is 9.48. The molecule has 2 rings (SSSR count). The molecule has 0 saturated heterocycles. The third-order valence-electron chi connectivity index (χ3n) is 3.21. The van der Waals surface area contributed by atoms with Crippen LogP contribution in [0.2, 0.25) is 0 Å². The van der Waals surface area contributed by atoms with Crippen molar-refractivity contribution in [3.05, 3.63) is 59.3 Å². The summed E-state index contributed by atoms with van der Waals surface area (Å²) >= 11 is 0. The lowest BCUT2D eigenvalue weighted by molar-refractivity contribution is -0.138. The van der Waals surface area contributed by atoms with Gasteiger partial charge in [-0.2, -0.15) is 0 Å². The van der Waals surface area contributed by atoms with Crippen LogP contribution in [0.15, 0.2) is 42.6 Å². The Morgan fingerprint density at radius 1 is 1.35 bits per heavy atom. The highest BCUT2D eigenvalue weighted by molar-refractivity contribution is 5.76. The van der Waals surface area contributed by atoms with Gasteiger partial charge in [0.05, 0.1) is 13.0 Å². The minimum absolute atomic E-state index is 0.357. The van der Waals surface area contributed by atoms with Crippen molar-refractivity contribution in [1.29, 1.82) is 0 Å². The van der Waals surface area contributed by atoms with Crippen molar-refractivity contribution in [2.45, 2.75) is 19.3 Å². The molecular weight excluding hydrogens is 254 g/mol. The van der Waals surface area contributed by atoms with Crippen molar-refractivity contribution >= 4 is 5.97 Å². The number of pyridine rings is 1. The molecular formula is C16H17NO3. The SMILES string of the molecule is COc1ncccc1CC(C(=O)O)c1cccc(C)c1. The normalized spacial score (nSPS) is 11.9. The van der Waals surface area contributed by atoms with Gasteiger partial charge in [0.2, 0.25) is 5.88 Å². The Kier molecular flexibility index (Phi) is 4.35. The van der Waals surface area contributed by atoms with Crippen LogP contribution in [0.5, 0.6) is 5.88 Å². The number of carboxylic acids is 1. The third-order valence-corrected chi connectivity index (χ3v) is 3.21. The number of hydrogen-bond acceptors (Lipinski definition) is 3. The number of nitrogens with zero attached hydrogens (tertiary/aromatic N) is 1. The van der Waals surface area contributed by atoms with Crippen LogP contribution in [-0.2, 0) is 11.2 Å². The molecule has 0 amide bonds. The van der Waals surface area contributed by atoms with Gasteiger partial charge < -0.3 is 9.84 Å². The van der Waals surface area contributed by atoms with Crippen LogP contribution in [0.4, 0.5) is 0 Å². The van der Waals surface area contributed by atoms with Crippen LogP contribution in [0.1, 0.15) is 22.6 Å². The highest BCUT2D eigenvalue weighted by atomic mass is 16.5. The van der Waals surface area contributed by atoms with Crippen molar-refractivity contribution < 1.29 is 14.6 Å². The summed E-state index contributed by atoms with van der Waals surface area (Å²) in [5.41, 5.74) is 2.64. The van der Waals surface area contributed by atoms with Gasteiger partial charge in [-0.3, -0.25) is 4.79 Å². The lowest BCUT2D eigenvalue weighted by Crippen LogP contribution is -2.15. The van der Waals surface area contributed by atoms with E-state index < -0.39 is 11.9 Å². The number of carbonyl (C=O) groups is 1. The smallest absolute Gasteiger partial charge is 0.311 e. The zero-order chi connectivity index (χ0) is 14.5. The average molecular weight is 271 g/mol. The fraction of sp³-hybridized carbons (Fsp3) is 0.250. The molecule has 1 heterocycles. The number of aliphatic carboxylic acids is 1. The second-order valence-electron chi connectivity index (χ2n) is 4.68. The minimum atomic E-state index is -0.846. The molecule has 1 aromatic heterocycles. The predicted octanol–water partition coefficient (Wildman–Crippen LogP) is 2.81. The second-order valence-corrected chi connectivity index (χ2v) is 4.68. The molecule has 0 saturated carbocycles. The van der Waals surface area contributed by atoms with E-state index in [1.165, 1.54) is 7.11 Å². The molecule has 0 aliphatic rings. The van der Waals surface area contributed by atoms with E-state index >= 15 is 0 Å². The molecule has 1 atom stereocenters. The number of benzene rings is 1. The molecule has 0 bridgehead atoms. The van der Waals surface area contributed by atoms with Crippen LogP contribution in [0, 0.1) is 6.92 Å². The van der Waals surface area contributed by atoms with Gasteiger partial charge >= 0.3 is 5.97 Å². The number of methoxy groups -OCH3 is 1. The first-order valence-corrected chi connectivity index (χ1v) is 6.39. The van der Waals surface area contributed by atoms with Crippen molar-refractivity contribution in [1.82, 2.24) is 4.98 Å². The zero-order valence-corrected chi connectivity index (χ0v) is 11.5. The monoisotopic (exact) mass is 271 g/mol. The van der Waals surface area contributed by atoms with E-state index in [0.29, 0.717) is 12.3 Å². The van der Waals surface area contributed by atoms with Crippen molar-refractivity contribution in [2.75, 3.05) is 7.11 Å². The molecule has 0 spiro atoms. The lowest BCUT2D eigenvalue weighted by Gasteiger charge is -2.15. The summed E-state index contributed by atoms with van der Waals surface area (Å²) in [4.78, 5) is 15.7. The number of carboxylic acid groups (broad SMARTS) is 1. The summed E-state index contributed by atoms with van der Waals surface area (Å²) in [5.74, 6) is -0.971. The van der Waals surface area contributed by atoms with E-state index in [9.17, 15) is 9.90 Å². The second kappa shape index (κ2) is 6.19. The number of aryl methyl sites for hydroxylation is 1. The molecule has 0 aliphatic heterocycles. The Balaban J connectivity index is 2.33. The van der Waals surface area contributed by atoms with Gasteiger partial charge in [0.25, 0.3) is 0 Å². The van der Waals surface area contributed by atoms with Crippen molar-refractivity contribution in [2.24, 2.45) is 0 Å². The van der Waals surface area contributed by atoms with E-state index in [2.05, 4.69) is 4.98 Å². The van der Waals surface area contributed by atoms with Crippen molar-refractivity contribution in [3.8, 4) is 5.88 Å². The highest BCUT2D eigenvalue weighted by Gasteiger charge is 2.22. The summed E-state index contributed by atoms with van der Waals surface area (Å²) in [6.07, 6.45) is 1.99. The molecule has 0 radical (unpaired) electrons. The number of ether oxygens (including phenoxy) is 1. The van der Waals surface area contributed by atoms with E-state index in [1.54, 1.807) is 12.3 Å². The summed E-state index contributed by atoms with van der Waals surface area (Å²) in [7, 11) is 1.54. The molecule has 1 unspecified atom stereocenters. The number of rotatable bonds is 5. The van der Waals surface area contributed by atoms with E-state index in [4.69, 9.17) is 4.74 Å². The Hall–Kier alpha value is -2.36. The predicted molar refractivity (Wildman–Crippen MR) is 76.0 cm³/mol. The molecule has 0 fully saturated rings. The first-order valence-electron chi connectivity index (χ1n) is 6.39. The first kappa shape index (κ1) is 14.1. The molecule has 1 aromatic carbocycles. The van der Waals surface area contributed by atoms with Gasteiger partial charge in [-0.05, 0) is 25.0 Å². The Bertz CT molecular complexity index is 610. The summed E-state index contributed by atoms with van der Waals surface area (Å²) in [6.45, 7) is 1.95. The van der Waals surface area contributed by atoms with Crippen LogP contribution in [0.3, 0.4) is 0 Å². The maximum Gasteiger partial charge on any atom is 0.311 e. The maximum atomic E-state index is 11.6. The van der Waals surface area contributed by atoms with Gasteiger partial charge in [0.1, 0.15) is 0 Å². The van der Waals surface area contributed by atoms with Gasteiger partial charge in [0, 0.05) is 11.8 Å². The third kappa shape index (κ3) is 3.15. The minimum Gasteiger partial charge on any atom is -0.481 e. The van der Waals surface area contributed by atoms with Gasteiger partial charge in [-0.25, -0.2) is 4.98 Å². The maximum absolute atomic E-state index is 11.6. The van der Waals surface area contributed by atoms with Crippen LogP contribution < -0.4 is 4.74 Å². The van der Waals surface area contributed by atoms with Gasteiger partial charge in [0.15, 0.2) is 0 Å². The molecule has 2 aromatic rings. The Morgan fingerprint density at radius 2 is 2.15 bits per heavy atom. The molecule has 20 heavy (non-hydrogen) atoms. The molecule has 104 valence electrons. The number of aromatic nitrogens is 1. The molecule has 4 heteroatoms. The Labute approximate surface area is 118 Å². The van der Waals surface area contributed by atoms with E-state index in [-0.39, 0.29) is 0 Å². The largest absolute Gasteiger partial charge is 0.481 e. The summed E-state index contributed by atoms with van der Waals surface area (Å²) in [6, 6.07) is 11.2. The summed E-state index contributed by atoms with van der Waals surface area (Å²) < 4.78 is 5.18. The van der Waals surface area contributed by atoms with Crippen LogP contribution in [-0.4, -0.2) is 23.2 Å². The van der Waals surface area contributed by atoms with E-state index in [0.717, 1.165) is 16.7 Å². The quantitative estimate of drug-likeness (QED) is 0.908. The van der Waals surface area contributed by atoms with E-state index in [1.807, 2.05) is 37.3 Å². The fourth-order valence-electron chi connectivity index (χ4n) is 2.22. The topological polar surface area (TPSA) is 59.4 Å². The van der Waals surface area contributed by atoms with Gasteiger partial charge in [-0.1, -0.05) is 35.9 Å². The van der Waals surface area contributed by atoms with Gasteiger partial charge in [-0.15, -0.1) is 0 Å². The standard InChI is InChI=1S/C16H17NO3/c1-11-5-3-6-12(9-11)14(16(18)19)10-13-7-4-8-17-15(13)20-2/h3-9,14H,10H2,1-2H3,(H,18,19). The average Bonchev–Trinajstić information content (AvgIpc) is 2.44. The Morgan fingerprint density at radius 3 is 2.80 bits per heavy atom. The van der Waals surface area contributed by atoms with Crippen LogP contribution in [0.25, 0.3) is 0 Å². The molecule has 4 nitrogen and oxygen atoms in total. The molecule has 0 aliphatic carbocycles. The van der Waals surface area contributed by atoms with Crippen molar-refractivity contribution in [3.63, 3.8) is 0 Å². The fourth-order valence-corrected chi connectivity index (χ4v) is 2.22. The first-order chi connectivity index (χ1) is 9.61. The molecule has 1 N–H and O–H groups in total. The highest BCUT2D eigenvalue weighted by Crippen LogP contribution is 2.25.